The van der Waals surface area contributed by atoms with Gasteiger partial charge in [-0.3, -0.25) is 4.68 Å². The van der Waals surface area contributed by atoms with Crippen LogP contribution >= 0.6 is 0 Å². The highest BCUT2D eigenvalue weighted by Gasteiger charge is 2.29. The number of alkyl halides is 3. The zero-order chi connectivity index (χ0) is 22.7. The first kappa shape index (κ1) is 24.5. The summed E-state index contributed by atoms with van der Waals surface area (Å²) in [6.07, 6.45) is -1.79. The van der Waals surface area contributed by atoms with Crippen LogP contribution in [0.3, 0.4) is 0 Å². The highest BCUT2D eigenvalue weighted by atomic mass is 32.2. The molecule has 0 saturated carbocycles. The fraction of sp³-hybridized carbons (Fsp3) is 0.579. The minimum absolute atomic E-state index is 0.106. The quantitative estimate of drug-likeness (QED) is 0.596. The van der Waals surface area contributed by atoms with Crippen LogP contribution in [-0.4, -0.2) is 44.8 Å². The molecule has 1 heterocycles. The third-order valence-electron chi connectivity index (χ3n) is 3.89. The molecule has 6 nitrogen and oxygen atoms in total. The summed E-state index contributed by atoms with van der Waals surface area (Å²) in [5, 5.41) is 8.47. The van der Waals surface area contributed by atoms with Crippen molar-refractivity contribution in [1.29, 1.82) is 0 Å². The van der Waals surface area contributed by atoms with E-state index in [-0.39, 0.29) is 5.75 Å². The number of nitrogens with one attached hydrogen (secondary N) is 1. The second-order valence-electron chi connectivity index (χ2n) is 9.31. The van der Waals surface area contributed by atoms with Gasteiger partial charge in [-0.1, -0.05) is 37.0 Å². The van der Waals surface area contributed by atoms with Gasteiger partial charge in [-0.05, 0) is 38.5 Å². The molecule has 0 spiro atoms. The van der Waals surface area contributed by atoms with Crippen LogP contribution in [0.1, 0.15) is 38.1 Å². The largest absolute Gasteiger partial charge is 0.484 e. The predicted octanol–water partition coefficient (Wildman–Crippen LogP) is 4.24. The number of rotatable bonds is 8. The highest BCUT2D eigenvalue weighted by Crippen LogP contribution is 2.26. The van der Waals surface area contributed by atoms with Gasteiger partial charge in [0.1, 0.15) is 11.4 Å². The van der Waals surface area contributed by atoms with E-state index in [0.29, 0.717) is 11.3 Å². The van der Waals surface area contributed by atoms with Crippen molar-refractivity contribution in [3.05, 3.63) is 41.7 Å². The van der Waals surface area contributed by atoms with E-state index in [4.69, 9.17) is 4.74 Å². The van der Waals surface area contributed by atoms with E-state index in [1.165, 1.54) is 12.1 Å². The molecule has 2 aromatic rings. The van der Waals surface area contributed by atoms with Gasteiger partial charge < -0.3 is 4.74 Å². The molecule has 0 aliphatic rings. The number of nitrogens with zero attached hydrogens (tertiary/aromatic N) is 3. The fourth-order valence-corrected chi connectivity index (χ4v) is 4.46. The third kappa shape index (κ3) is 7.84. The molecule has 2 rings (SSSR count). The lowest BCUT2D eigenvalue weighted by Crippen LogP contribution is -2.36. The molecule has 0 radical (unpaired) electrons. The molecule has 168 valence electrons. The van der Waals surface area contributed by atoms with Crippen molar-refractivity contribution in [1.82, 2.24) is 19.7 Å². The summed E-state index contributed by atoms with van der Waals surface area (Å²) in [4.78, 5) is 0. The lowest BCUT2D eigenvalue weighted by molar-refractivity contribution is -0.153. The van der Waals surface area contributed by atoms with Crippen LogP contribution in [0.25, 0.3) is 0 Å². The van der Waals surface area contributed by atoms with Crippen molar-refractivity contribution >= 4 is 19.1 Å². The van der Waals surface area contributed by atoms with Gasteiger partial charge in [0, 0.05) is 6.17 Å². The van der Waals surface area contributed by atoms with Gasteiger partial charge in [-0.2, -0.15) is 13.2 Å². The maximum atomic E-state index is 12.7. The molecule has 0 fully saturated rings. The maximum Gasteiger partial charge on any atom is 0.422 e. The molecule has 2 unspecified atom stereocenters. The molecule has 1 aromatic heterocycles. The first-order valence-corrected chi connectivity index (χ1v) is 14.4. The zero-order valence-corrected chi connectivity index (χ0v) is 19.9. The summed E-state index contributed by atoms with van der Waals surface area (Å²) in [6, 6.07) is 5.67. The van der Waals surface area contributed by atoms with Gasteiger partial charge in [0.2, 0.25) is 0 Å². The van der Waals surface area contributed by atoms with E-state index < -0.39 is 42.6 Å². The van der Waals surface area contributed by atoms with Crippen molar-refractivity contribution in [2.75, 3.05) is 6.61 Å². The summed E-state index contributed by atoms with van der Waals surface area (Å²) in [5.41, 5.74) is 1.29. The van der Waals surface area contributed by atoms with Crippen LogP contribution in [0, 0.1) is 0 Å². The Morgan fingerprint density at radius 3 is 2.27 bits per heavy atom. The second-order valence-corrected chi connectivity index (χ2v) is 16.7. The normalized spacial score (nSPS) is 15.1. The van der Waals surface area contributed by atoms with Crippen LogP contribution < -0.4 is 9.46 Å². The van der Waals surface area contributed by atoms with Crippen LogP contribution in [0.15, 0.2) is 30.5 Å². The molecular formula is C19H29F3N4O2SSi. The van der Waals surface area contributed by atoms with Crippen LogP contribution in [-0.2, 0) is 17.2 Å². The zero-order valence-electron chi connectivity index (χ0n) is 18.1. The van der Waals surface area contributed by atoms with Crippen LogP contribution in [0.5, 0.6) is 5.75 Å². The molecule has 2 atom stereocenters. The Hall–Kier alpha value is -1.72. The van der Waals surface area contributed by atoms with Crippen LogP contribution in [0.2, 0.25) is 19.6 Å². The molecule has 1 N–H and O–H groups in total. The smallest absolute Gasteiger partial charge is 0.422 e. The lowest BCUT2D eigenvalue weighted by Gasteiger charge is -2.23. The summed E-state index contributed by atoms with van der Waals surface area (Å²) in [6.45, 7) is 10.9. The standard InChI is InChI=1S/C19H29F3N4O2SSi/c1-18(2,3)29(27)24-17(16-11-26(25-23-16)13-30(4,5)6)14-7-9-15(10-8-14)28-12-19(20,21)22/h7-11,17,24H,12-13H2,1-6H3. The van der Waals surface area contributed by atoms with E-state index in [1.807, 2.05) is 27.0 Å². The average Bonchev–Trinajstić information content (AvgIpc) is 3.03. The number of halogens is 3. The van der Waals surface area contributed by atoms with Crippen molar-refractivity contribution in [3.8, 4) is 5.75 Å². The second kappa shape index (κ2) is 9.19. The predicted molar refractivity (Wildman–Crippen MR) is 114 cm³/mol. The monoisotopic (exact) mass is 462 g/mol. The van der Waals surface area contributed by atoms with E-state index in [9.17, 15) is 17.4 Å². The Bertz CT molecular complexity index is 858. The van der Waals surface area contributed by atoms with E-state index >= 15 is 0 Å². The van der Waals surface area contributed by atoms with Crippen molar-refractivity contribution in [3.63, 3.8) is 0 Å². The molecule has 0 bridgehead atoms. The van der Waals surface area contributed by atoms with E-state index in [0.717, 1.165) is 6.17 Å². The van der Waals surface area contributed by atoms with Gasteiger partial charge in [0.05, 0.1) is 36.0 Å². The molecule has 0 amide bonds. The van der Waals surface area contributed by atoms with Gasteiger partial charge >= 0.3 is 6.18 Å². The molecular weight excluding hydrogens is 433 g/mol. The van der Waals surface area contributed by atoms with E-state index in [2.05, 4.69) is 34.7 Å². The topological polar surface area (TPSA) is 69.0 Å². The van der Waals surface area contributed by atoms with Gasteiger partial charge in [0.25, 0.3) is 0 Å². The minimum Gasteiger partial charge on any atom is -0.484 e. The average molecular weight is 463 g/mol. The van der Waals surface area contributed by atoms with Crippen molar-refractivity contribution in [2.24, 2.45) is 0 Å². The fourth-order valence-electron chi connectivity index (χ4n) is 2.51. The van der Waals surface area contributed by atoms with Crippen molar-refractivity contribution < 1.29 is 22.1 Å². The van der Waals surface area contributed by atoms with Crippen molar-refractivity contribution in [2.45, 2.75) is 63.5 Å². The first-order valence-electron chi connectivity index (χ1n) is 9.52. The Labute approximate surface area is 178 Å². The number of hydrogen-bond donors (Lipinski definition) is 1. The number of ether oxygens (including phenoxy) is 1. The van der Waals surface area contributed by atoms with Crippen LogP contribution in [0.4, 0.5) is 13.2 Å². The Morgan fingerprint density at radius 1 is 1.17 bits per heavy atom. The summed E-state index contributed by atoms with van der Waals surface area (Å²) in [7, 11) is -2.82. The van der Waals surface area contributed by atoms with Gasteiger partial charge in [-0.25, -0.2) is 8.93 Å². The van der Waals surface area contributed by atoms with Gasteiger partial charge in [-0.15, -0.1) is 5.10 Å². The molecule has 0 aliphatic carbocycles. The minimum atomic E-state index is -4.40. The summed E-state index contributed by atoms with van der Waals surface area (Å²) in [5.74, 6) is 0.106. The molecule has 0 saturated heterocycles. The maximum absolute atomic E-state index is 12.7. The first-order chi connectivity index (χ1) is 13.6. The summed E-state index contributed by atoms with van der Waals surface area (Å²) >= 11 is 0. The molecule has 0 aliphatic heterocycles. The molecule has 1 aromatic carbocycles. The number of aromatic nitrogens is 3. The molecule has 30 heavy (non-hydrogen) atoms. The Balaban J connectivity index is 2.29. The Kier molecular flexibility index (Phi) is 7.52. The third-order valence-corrected chi connectivity index (χ3v) is 6.72. The van der Waals surface area contributed by atoms with Gasteiger partial charge in [0.15, 0.2) is 6.61 Å². The summed E-state index contributed by atoms with van der Waals surface area (Å²) < 4.78 is 59.0. The van der Waals surface area contributed by atoms with E-state index in [1.54, 1.807) is 16.8 Å². The lowest BCUT2D eigenvalue weighted by atomic mass is 10.1. The number of benzene rings is 1. The number of hydrogen-bond acceptors (Lipinski definition) is 4. The molecule has 11 heteroatoms. The Morgan fingerprint density at radius 2 is 1.77 bits per heavy atom. The SMILES string of the molecule is CC(C)(C)S(=O)NC(c1ccc(OCC(F)(F)F)cc1)c1cn(C[Si](C)(C)C)nn1. The highest BCUT2D eigenvalue weighted by molar-refractivity contribution is 7.84.